The van der Waals surface area contributed by atoms with Crippen LogP contribution in [0.1, 0.15) is 31.5 Å². The van der Waals surface area contributed by atoms with E-state index >= 15 is 0 Å². The second-order valence-electron chi connectivity index (χ2n) is 5.91. The highest BCUT2D eigenvalue weighted by Gasteiger charge is 2.26. The molecule has 19 heavy (non-hydrogen) atoms. The largest absolute Gasteiger partial charge is 0.377 e. The molecule has 1 unspecified atom stereocenters. The molecule has 1 aliphatic carbocycles. The highest BCUT2D eigenvalue weighted by Crippen LogP contribution is 2.30. The Morgan fingerprint density at radius 1 is 1.37 bits per heavy atom. The number of hydrogen-bond donors (Lipinski definition) is 0. The third-order valence-electron chi connectivity index (χ3n) is 4.17. The number of nitrogens with zero attached hydrogens (tertiary/aromatic N) is 4. The summed E-state index contributed by atoms with van der Waals surface area (Å²) in [5, 5.41) is 7.99. The first-order chi connectivity index (χ1) is 9.31. The van der Waals surface area contributed by atoms with Crippen LogP contribution in [0, 0.1) is 12.8 Å². The number of aromatic nitrogens is 3. The van der Waals surface area contributed by atoms with E-state index < -0.39 is 0 Å². The van der Waals surface area contributed by atoms with Gasteiger partial charge < -0.3 is 9.30 Å². The lowest BCUT2D eigenvalue weighted by Gasteiger charge is -2.25. The van der Waals surface area contributed by atoms with Crippen molar-refractivity contribution < 1.29 is 4.74 Å². The van der Waals surface area contributed by atoms with E-state index in [0.29, 0.717) is 6.10 Å². The Bertz CT molecular complexity index is 396. The van der Waals surface area contributed by atoms with Gasteiger partial charge in [0.2, 0.25) is 0 Å². The molecule has 3 rings (SSSR count). The van der Waals surface area contributed by atoms with Crippen LogP contribution in [0.3, 0.4) is 0 Å². The van der Waals surface area contributed by atoms with Gasteiger partial charge in [0, 0.05) is 32.8 Å². The Labute approximate surface area is 114 Å². The fourth-order valence-electron chi connectivity index (χ4n) is 2.78. The average Bonchev–Trinajstić information content (AvgIpc) is 2.88. The predicted octanol–water partition coefficient (Wildman–Crippen LogP) is 1.48. The third kappa shape index (κ3) is 3.76. The smallest absolute Gasteiger partial charge is 0.129 e. The van der Waals surface area contributed by atoms with Crippen molar-refractivity contribution in [3.63, 3.8) is 0 Å². The molecule has 1 saturated carbocycles. The van der Waals surface area contributed by atoms with Crippen molar-refractivity contribution in [1.82, 2.24) is 19.7 Å². The van der Waals surface area contributed by atoms with Crippen LogP contribution in [0.2, 0.25) is 0 Å². The summed E-state index contributed by atoms with van der Waals surface area (Å²) in [6, 6.07) is 0. The molecule has 1 aromatic rings. The zero-order valence-electron chi connectivity index (χ0n) is 11.8. The molecule has 2 aliphatic rings. The minimum absolute atomic E-state index is 0.459. The molecular formula is C14H24N4O. The molecule has 0 amide bonds. The van der Waals surface area contributed by atoms with Gasteiger partial charge in [0.15, 0.2) is 0 Å². The molecule has 2 heterocycles. The number of ether oxygens (including phenoxy) is 1. The second-order valence-corrected chi connectivity index (χ2v) is 5.91. The summed E-state index contributed by atoms with van der Waals surface area (Å²) in [6.07, 6.45) is 7.57. The van der Waals surface area contributed by atoms with Gasteiger partial charge in [-0.25, -0.2) is 0 Å². The standard InChI is InChI=1S/C14H24N4O/c1-12-16-15-11-18(12)7-6-17(9-13-4-5-13)10-14-3-2-8-19-14/h11,13-14H,2-10H2,1H3. The van der Waals surface area contributed by atoms with Gasteiger partial charge in [-0.3, -0.25) is 4.90 Å². The molecule has 1 aliphatic heterocycles. The highest BCUT2D eigenvalue weighted by atomic mass is 16.5. The summed E-state index contributed by atoms with van der Waals surface area (Å²) in [6.45, 7) is 7.36. The van der Waals surface area contributed by atoms with Gasteiger partial charge in [0.1, 0.15) is 12.2 Å². The van der Waals surface area contributed by atoms with Crippen molar-refractivity contribution in [2.45, 2.75) is 45.3 Å². The van der Waals surface area contributed by atoms with Crippen molar-refractivity contribution in [3.8, 4) is 0 Å². The van der Waals surface area contributed by atoms with E-state index in [4.69, 9.17) is 4.74 Å². The monoisotopic (exact) mass is 264 g/mol. The van der Waals surface area contributed by atoms with E-state index in [9.17, 15) is 0 Å². The third-order valence-corrected chi connectivity index (χ3v) is 4.17. The van der Waals surface area contributed by atoms with Gasteiger partial charge in [0.25, 0.3) is 0 Å². The lowest BCUT2D eigenvalue weighted by atomic mass is 10.2. The Morgan fingerprint density at radius 2 is 2.26 bits per heavy atom. The van der Waals surface area contributed by atoms with Gasteiger partial charge >= 0.3 is 0 Å². The molecule has 1 atom stereocenters. The van der Waals surface area contributed by atoms with Gasteiger partial charge in [-0.1, -0.05) is 0 Å². The lowest BCUT2D eigenvalue weighted by molar-refractivity contribution is 0.0702. The van der Waals surface area contributed by atoms with Crippen LogP contribution in [-0.4, -0.2) is 52.0 Å². The predicted molar refractivity (Wildman–Crippen MR) is 72.9 cm³/mol. The zero-order valence-corrected chi connectivity index (χ0v) is 11.8. The SMILES string of the molecule is Cc1nncn1CCN(CC1CC1)CC1CCCO1. The first kappa shape index (κ1) is 13.1. The molecule has 5 nitrogen and oxygen atoms in total. The van der Waals surface area contributed by atoms with E-state index in [1.165, 1.54) is 32.2 Å². The summed E-state index contributed by atoms with van der Waals surface area (Å²) in [5.41, 5.74) is 0. The summed E-state index contributed by atoms with van der Waals surface area (Å²) < 4.78 is 7.91. The van der Waals surface area contributed by atoms with Crippen LogP contribution in [0.4, 0.5) is 0 Å². The maximum Gasteiger partial charge on any atom is 0.129 e. The Kier molecular flexibility index (Phi) is 4.13. The normalized spacial score (nSPS) is 23.4. The maximum atomic E-state index is 5.77. The Balaban J connectivity index is 1.50. The first-order valence-corrected chi connectivity index (χ1v) is 7.49. The van der Waals surface area contributed by atoms with E-state index in [0.717, 1.165) is 38.0 Å². The fourth-order valence-corrected chi connectivity index (χ4v) is 2.78. The highest BCUT2D eigenvalue weighted by molar-refractivity contribution is 4.83. The fraction of sp³-hybridized carbons (Fsp3) is 0.857. The lowest BCUT2D eigenvalue weighted by Crippen LogP contribution is -2.36. The molecule has 106 valence electrons. The van der Waals surface area contributed by atoms with Gasteiger partial charge in [0.05, 0.1) is 6.10 Å². The number of rotatable bonds is 7. The average molecular weight is 264 g/mol. The quantitative estimate of drug-likeness (QED) is 0.748. The van der Waals surface area contributed by atoms with Gasteiger partial charge in [-0.15, -0.1) is 10.2 Å². The summed E-state index contributed by atoms with van der Waals surface area (Å²) >= 11 is 0. The molecule has 0 aromatic carbocycles. The van der Waals surface area contributed by atoms with Crippen molar-refractivity contribution in [3.05, 3.63) is 12.2 Å². The molecule has 0 spiro atoms. The van der Waals surface area contributed by atoms with Crippen LogP contribution in [0.15, 0.2) is 6.33 Å². The van der Waals surface area contributed by atoms with Crippen molar-refractivity contribution in [2.24, 2.45) is 5.92 Å². The van der Waals surface area contributed by atoms with Crippen molar-refractivity contribution >= 4 is 0 Å². The molecular weight excluding hydrogens is 240 g/mol. The molecule has 0 bridgehead atoms. The van der Waals surface area contributed by atoms with E-state index in [1.54, 1.807) is 0 Å². The maximum absolute atomic E-state index is 5.77. The van der Waals surface area contributed by atoms with E-state index in [1.807, 2.05) is 13.3 Å². The van der Waals surface area contributed by atoms with Crippen LogP contribution in [0.5, 0.6) is 0 Å². The molecule has 5 heteroatoms. The zero-order chi connectivity index (χ0) is 13.1. The summed E-state index contributed by atoms with van der Waals surface area (Å²) in [4.78, 5) is 2.58. The first-order valence-electron chi connectivity index (χ1n) is 7.49. The van der Waals surface area contributed by atoms with Crippen LogP contribution < -0.4 is 0 Å². The van der Waals surface area contributed by atoms with Crippen LogP contribution in [-0.2, 0) is 11.3 Å². The van der Waals surface area contributed by atoms with E-state index in [2.05, 4.69) is 19.7 Å². The number of hydrogen-bond acceptors (Lipinski definition) is 4. The van der Waals surface area contributed by atoms with Gasteiger partial charge in [-0.05, 0) is 38.5 Å². The van der Waals surface area contributed by atoms with Crippen molar-refractivity contribution in [1.29, 1.82) is 0 Å². The minimum Gasteiger partial charge on any atom is -0.377 e. The van der Waals surface area contributed by atoms with Gasteiger partial charge in [-0.2, -0.15) is 0 Å². The molecule has 1 aromatic heterocycles. The topological polar surface area (TPSA) is 43.2 Å². The van der Waals surface area contributed by atoms with Crippen molar-refractivity contribution in [2.75, 3.05) is 26.2 Å². The Morgan fingerprint density at radius 3 is 2.89 bits per heavy atom. The minimum atomic E-state index is 0.459. The van der Waals surface area contributed by atoms with Crippen LogP contribution in [0.25, 0.3) is 0 Å². The summed E-state index contributed by atoms with van der Waals surface area (Å²) in [7, 11) is 0. The van der Waals surface area contributed by atoms with E-state index in [-0.39, 0.29) is 0 Å². The Hall–Kier alpha value is -0.940. The molecule has 0 radical (unpaired) electrons. The molecule has 0 N–H and O–H groups in total. The summed E-state index contributed by atoms with van der Waals surface area (Å²) in [5.74, 6) is 1.94. The molecule has 1 saturated heterocycles. The van der Waals surface area contributed by atoms with Crippen LogP contribution >= 0.6 is 0 Å². The second kappa shape index (κ2) is 6.01. The molecule has 2 fully saturated rings. The number of aryl methyl sites for hydroxylation is 1.